The average Bonchev–Trinajstić information content (AvgIpc) is 2.26. The van der Waals surface area contributed by atoms with Gasteiger partial charge in [0.15, 0.2) is 0 Å². The number of urea groups is 1. The van der Waals surface area contributed by atoms with Crippen molar-refractivity contribution in [2.24, 2.45) is 0 Å². The fourth-order valence-corrected chi connectivity index (χ4v) is 1.33. The van der Waals surface area contributed by atoms with Crippen molar-refractivity contribution < 1.29 is 19.5 Å². The minimum atomic E-state index is -0.961. The molecule has 104 valence electrons. The summed E-state index contributed by atoms with van der Waals surface area (Å²) < 4.78 is 0. The van der Waals surface area contributed by atoms with Crippen molar-refractivity contribution in [1.82, 2.24) is 15.5 Å². The third-order valence-corrected chi connectivity index (χ3v) is 2.22. The molecule has 0 radical (unpaired) electrons. The van der Waals surface area contributed by atoms with E-state index in [2.05, 4.69) is 10.6 Å². The summed E-state index contributed by atoms with van der Waals surface area (Å²) in [7, 11) is 0. The SMILES string of the molecule is CCNC(=O)CNC(=O)N(CCC(=O)O)C(C)C. The molecule has 0 spiro atoms. The number of hydrogen-bond donors (Lipinski definition) is 3. The van der Waals surface area contributed by atoms with Crippen LogP contribution in [0.4, 0.5) is 4.79 Å². The van der Waals surface area contributed by atoms with Crippen LogP contribution in [0, 0.1) is 0 Å². The molecule has 0 saturated carbocycles. The molecule has 0 fully saturated rings. The molecule has 0 aliphatic heterocycles. The molecule has 0 aromatic rings. The molecule has 0 aromatic heterocycles. The zero-order chi connectivity index (χ0) is 14.1. The van der Waals surface area contributed by atoms with Crippen molar-refractivity contribution in [3.05, 3.63) is 0 Å². The van der Waals surface area contributed by atoms with E-state index in [0.717, 1.165) is 0 Å². The van der Waals surface area contributed by atoms with Gasteiger partial charge in [-0.2, -0.15) is 0 Å². The highest BCUT2D eigenvalue weighted by Crippen LogP contribution is 2.00. The normalized spacial score (nSPS) is 10.0. The Balaban J connectivity index is 4.22. The maximum absolute atomic E-state index is 11.7. The topological polar surface area (TPSA) is 98.7 Å². The highest BCUT2D eigenvalue weighted by Gasteiger charge is 2.18. The first-order valence-corrected chi connectivity index (χ1v) is 5.91. The monoisotopic (exact) mass is 259 g/mol. The van der Waals surface area contributed by atoms with Crippen LogP contribution in [0.1, 0.15) is 27.2 Å². The standard InChI is InChI=1S/C11H21N3O4/c1-4-12-9(15)7-13-11(18)14(8(2)3)6-5-10(16)17/h8H,4-7H2,1-3H3,(H,12,15)(H,13,18)(H,16,17). The molecule has 3 amide bonds. The lowest BCUT2D eigenvalue weighted by molar-refractivity contribution is -0.137. The molecule has 3 N–H and O–H groups in total. The van der Waals surface area contributed by atoms with Gasteiger partial charge in [-0.1, -0.05) is 0 Å². The van der Waals surface area contributed by atoms with Crippen LogP contribution in [0.25, 0.3) is 0 Å². The van der Waals surface area contributed by atoms with Crippen LogP contribution in [0.3, 0.4) is 0 Å². The Morgan fingerprint density at radius 3 is 2.28 bits per heavy atom. The lowest BCUT2D eigenvalue weighted by atomic mass is 10.3. The Morgan fingerprint density at radius 1 is 1.22 bits per heavy atom. The van der Waals surface area contributed by atoms with E-state index in [1.807, 2.05) is 0 Å². The van der Waals surface area contributed by atoms with Gasteiger partial charge < -0.3 is 20.6 Å². The molecule has 0 rings (SSSR count). The molecule has 0 aliphatic rings. The summed E-state index contributed by atoms with van der Waals surface area (Å²) in [5, 5.41) is 13.6. The van der Waals surface area contributed by atoms with E-state index in [4.69, 9.17) is 5.11 Å². The number of carboxylic acid groups (broad SMARTS) is 1. The Hall–Kier alpha value is -1.79. The molecule has 18 heavy (non-hydrogen) atoms. The van der Waals surface area contributed by atoms with E-state index in [0.29, 0.717) is 6.54 Å². The number of nitrogens with zero attached hydrogens (tertiary/aromatic N) is 1. The Kier molecular flexibility index (Phi) is 7.50. The van der Waals surface area contributed by atoms with Gasteiger partial charge in [0.1, 0.15) is 0 Å². The first-order valence-electron chi connectivity index (χ1n) is 5.91. The van der Waals surface area contributed by atoms with Gasteiger partial charge in [0.25, 0.3) is 0 Å². The zero-order valence-corrected chi connectivity index (χ0v) is 11.0. The van der Waals surface area contributed by atoms with Crippen molar-refractivity contribution in [2.45, 2.75) is 33.2 Å². The minimum Gasteiger partial charge on any atom is -0.481 e. The number of likely N-dealkylation sites (N-methyl/N-ethyl adjacent to an activating group) is 1. The van der Waals surface area contributed by atoms with E-state index in [9.17, 15) is 14.4 Å². The van der Waals surface area contributed by atoms with Crippen molar-refractivity contribution in [3.8, 4) is 0 Å². The Labute approximate surface area is 107 Å². The summed E-state index contributed by atoms with van der Waals surface area (Å²) in [5.41, 5.74) is 0. The fraction of sp³-hybridized carbons (Fsp3) is 0.727. The summed E-state index contributed by atoms with van der Waals surface area (Å²) >= 11 is 0. The quantitative estimate of drug-likeness (QED) is 0.600. The van der Waals surface area contributed by atoms with Crippen LogP contribution in [0.15, 0.2) is 0 Å². The zero-order valence-electron chi connectivity index (χ0n) is 11.0. The number of hydrogen-bond acceptors (Lipinski definition) is 3. The van der Waals surface area contributed by atoms with Crippen LogP contribution in [0.5, 0.6) is 0 Å². The van der Waals surface area contributed by atoms with Crippen LogP contribution < -0.4 is 10.6 Å². The highest BCUT2D eigenvalue weighted by molar-refractivity contribution is 5.84. The molecule has 0 bridgehead atoms. The fourth-order valence-electron chi connectivity index (χ4n) is 1.33. The van der Waals surface area contributed by atoms with Gasteiger partial charge in [-0.15, -0.1) is 0 Å². The highest BCUT2D eigenvalue weighted by atomic mass is 16.4. The average molecular weight is 259 g/mol. The van der Waals surface area contributed by atoms with Crippen LogP contribution in [0.2, 0.25) is 0 Å². The van der Waals surface area contributed by atoms with E-state index in [1.54, 1.807) is 20.8 Å². The molecule has 0 heterocycles. The molecular formula is C11H21N3O4. The minimum absolute atomic E-state index is 0.108. The molecule has 7 heteroatoms. The van der Waals surface area contributed by atoms with Crippen molar-refractivity contribution >= 4 is 17.9 Å². The number of aliphatic carboxylic acids is 1. The maximum atomic E-state index is 11.7. The summed E-state index contributed by atoms with van der Waals surface area (Å²) in [6.07, 6.45) is -0.118. The molecule has 0 aliphatic carbocycles. The molecule has 0 unspecified atom stereocenters. The first-order chi connectivity index (χ1) is 8.38. The molecule has 7 nitrogen and oxygen atoms in total. The second-order valence-electron chi connectivity index (χ2n) is 4.04. The molecule has 0 atom stereocenters. The van der Waals surface area contributed by atoms with E-state index >= 15 is 0 Å². The number of nitrogens with one attached hydrogen (secondary N) is 2. The number of carboxylic acids is 1. The van der Waals surface area contributed by atoms with Gasteiger partial charge in [0.05, 0.1) is 13.0 Å². The van der Waals surface area contributed by atoms with Gasteiger partial charge in [0.2, 0.25) is 5.91 Å². The third kappa shape index (κ3) is 6.72. The lowest BCUT2D eigenvalue weighted by Crippen LogP contribution is -2.47. The van der Waals surface area contributed by atoms with E-state index in [-0.39, 0.29) is 31.5 Å². The van der Waals surface area contributed by atoms with Crippen molar-refractivity contribution in [2.75, 3.05) is 19.6 Å². The smallest absolute Gasteiger partial charge is 0.318 e. The molecular weight excluding hydrogens is 238 g/mol. The third-order valence-electron chi connectivity index (χ3n) is 2.22. The number of amides is 3. The maximum Gasteiger partial charge on any atom is 0.318 e. The van der Waals surface area contributed by atoms with Gasteiger partial charge in [-0.05, 0) is 20.8 Å². The Bertz CT molecular complexity index is 305. The van der Waals surface area contributed by atoms with Crippen molar-refractivity contribution in [3.63, 3.8) is 0 Å². The summed E-state index contributed by atoms with van der Waals surface area (Å²) in [6, 6.07) is -0.559. The largest absolute Gasteiger partial charge is 0.481 e. The van der Waals surface area contributed by atoms with Gasteiger partial charge in [-0.3, -0.25) is 9.59 Å². The van der Waals surface area contributed by atoms with E-state index < -0.39 is 12.0 Å². The predicted molar refractivity (Wildman–Crippen MR) is 66.2 cm³/mol. The van der Waals surface area contributed by atoms with Gasteiger partial charge >= 0.3 is 12.0 Å². The summed E-state index contributed by atoms with van der Waals surface area (Å²) in [5.74, 6) is -1.23. The summed E-state index contributed by atoms with van der Waals surface area (Å²) in [6.45, 7) is 5.87. The molecule has 0 saturated heterocycles. The Morgan fingerprint density at radius 2 is 1.83 bits per heavy atom. The van der Waals surface area contributed by atoms with Gasteiger partial charge in [0, 0.05) is 19.1 Å². The van der Waals surface area contributed by atoms with E-state index in [1.165, 1.54) is 4.90 Å². The molecule has 0 aromatic carbocycles. The summed E-state index contributed by atoms with van der Waals surface area (Å²) in [4.78, 5) is 34.8. The number of rotatable bonds is 7. The lowest BCUT2D eigenvalue weighted by Gasteiger charge is -2.26. The number of carbonyl (C=O) groups is 3. The van der Waals surface area contributed by atoms with Gasteiger partial charge in [-0.25, -0.2) is 4.79 Å². The second-order valence-corrected chi connectivity index (χ2v) is 4.04. The van der Waals surface area contributed by atoms with Crippen LogP contribution in [-0.4, -0.2) is 53.6 Å². The van der Waals surface area contributed by atoms with Crippen molar-refractivity contribution in [1.29, 1.82) is 0 Å². The second kappa shape index (κ2) is 8.32. The van der Waals surface area contributed by atoms with Crippen LogP contribution >= 0.6 is 0 Å². The first kappa shape index (κ1) is 16.2. The predicted octanol–water partition coefficient (Wildman–Crippen LogP) is 0.0172. The van der Waals surface area contributed by atoms with Crippen LogP contribution in [-0.2, 0) is 9.59 Å². The number of carbonyl (C=O) groups excluding carboxylic acids is 2.